The van der Waals surface area contributed by atoms with Crippen LogP contribution in [0, 0.1) is 0 Å². The maximum absolute atomic E-state index is 5.70. The van der Waals surface area contributed by atoms with Gasteiger partial charge in [0.15, 0.2) is 0 Å². The van der Waals surface area contributed by atoms with Crippen LogP contribution in [0.1, 0.15) is 64.3 Å². The van der Waals surface area contributed by atoms with Gasteiger partial charge in [0.2, 0.25) is 0 Å². The molecule has 0 aromatic heterocycles. The van der Waals surface area contributed by atoms with Crippen molar-refractivity contribution in [1.29, 1.82) is 0 Å². The summed E-state index contributed by atoms with van der Waals surface area (Å²) in [6.07, 6.45) is 0.211. The van der Waals surface area contributed by atoms with Gasteiger partial charge >= 0.3 is 0 Å². The zero-order chi connectivity index (χ0) is 17.7. The van der Waals surface area contributed by atoms with Gasteiger partial charge in [-0.3, -0.25) is 0 Å². The molecule has 0 aliphatic carbocycles. The van der Waals surface area contributed by atoms with Crippen molar-refractivity contribution in [2.45, 2.75) is 65.6 Å². The van der Waals surface area contributed by atoms with Crippen molar-refractivity contribution < 1.29 is 4.74 Å². The Kier molecular flexibility index (Phi) is 6.06. The van der Waals surface area contributed by atoms with Gasteiger partial charge in [-0.1, -0.05) is 57.2 Å². The molecule has 2 aromatic carbocycles. The SMILES string of the molecule is CC(C)Oc1ccc(C(C)NCc2ccc(C(C)(C)C)cc2)cc1. The van der Waals surface area contributed by atoms with Crippen LogP contribution >= 0.6 is 0 Å². The third-order valence-electron chi connectivity index (χ3n) is 4.18. The Morgan fingerprint density at radius 2 is 1.46 bits per heavy atom. The normalized spacial score (nSPS) is 13.1. The summed E-state index contributed by atoms with van der Waals surface area (Å²) < 4.78 is 5.70. The molecule has 0 fully saturated rings. The predicted molar refractivity (Wildman–Crippen MR) is 103 cm³/mol. The maximum Gasteiger partial charge on any atom is 0.119 e. The molecule has 0 saturated heterocycles. The first-order chi connectivity index (χ1) is 11.3. The van der Waals surface area contributed by atoms with E-state index in [1.807, 2.05) is 26.0 Å². The third kappa shape index (κ3) is 5.38. The Hall–Kier alpha value is -1.80. The van der Waals surface area contributed by atoms with Gasteiger partial charge in [-0.2, -0.15) is 0 Å². The number of nitrogens with one attached hydrogen (secondary N) is 1. The maximum atomic E-state index is 5.70. The molecule has 0 heterocycles. The lowest BCUT2D eigenvalue weighted by Gasteiger charge is -2.20. The highest BCUT2D eigenvalue weighted by molar-refractivity contribution is 5.30. The molecule has 0 aliphatic rings. The Morgan fingerprint density at radius 1 is 0.875 bits per heavy atom. The topological polar surface area (TPSA) is 21.3 Å². The number of hydrogen-bond donors (Lipinski definition) is 1. The number of hydrogen-bond acceptors (Lipinski definition) is 2. The van der Waals surface area contributed by atoms with Gasteiger partial charge < -0.3 is 10.1 Å². The van der Waals surface area contributed by atoms with Crippen LogP contribution in [0.5, 0.6) is 5.75 Å². The van der Waals surface area contributed by atoms with E-state index < -0.39 is 0 Å². The van der Waals surface area contributed by atoms with Crippen LogP contribution in [0.25, 0.3) is 0 Å². The van der Waals surface area contributed by atoms with Crippen LogP contribution in [0.3, 0.4) is 0 Å². The number of rotatable bonds is 6. The molecule has 130 valence electrons. The van der Waals surface area contributed by atoms with Crippen molar-refractivity contribution in [3.05, 3.63) is 65.2 Å². The molecule has 2 rings (SSSR count). The minimum Gasteiger partial charge on any atom is -0.491 e. The molecule has 1 unspecified atom stereocenters. The van der Waals surface area contributed by atoms with Gasteiger partial charge in [0, 0.05) is 12.6 Å². The summed E-state index contributed by atoms with van der Waals surface area (Å²) in [6, 6.07) is 17.6. The summed E-state index contributed by atoms with van der Waals surface area (Å²) in [6.45, 7) is 13.9. The molecule has 0 radical (unpaired) electrons. The van der Waals surface area contributed by atoms with Crippen LogP contribution in [0.15, 0.2) is 48.5 Å². The average Bonchev–Trinajstić information content (AvgIpc) is 2.52. The zero-order valence-corrected chi connectivity index (χ0v) is 15.9. The highest BCUT2D eigenvalue weighted by Gasteiger charge is 2.13. The Morgan fingerprint density at radius 3 is 1.96 bits per heavy atom. The van der Waals surface area contributed by atoms with Crippen LogP contribution in [-0.2, 0) is 12.0 Å². The molecule has 1 atom stereocenters. The predicted octanol–water partition coefficient (Wildman–Crippen LogP) is 5.62. The van der Waals surface area contributed by atoms with Gasteiger partial charge in [-0.25, -0.2) is 0 Å². The minimum atomic E-state index is 0.207. The molecule has 0 amide bonds. The molecule has 1 N–H and O–H groups in total. The molecule has 0 aliphatic heterocycles. The van der Waals surface area contributed by atoms with E-state index in [0.717, 1.165) is 12.3 Å². The lowest BCUT2D eigenvalue weighted by molar-refractivity contribution is 0.242. The van der Waals surface area contributed by atoms with Crippen LogP contribution < -0.4 is 10.1 Å². The van der Waals surface area contributed by atoms with Gasteiger partial charge in [0.05, 0.1) is 6.10 Å². The summed E-state index contributed by atoms with van der Waals surface area (Å²) in [5, 5.41) is 3.59. The van der Waals surface area contributed by atoms with Crippen LogP contribution in [-0.4, -0.2) is 6.10 Å². The van der Waals surface area contributed by atoms with Crippen LogP contribution in [0.4, 0.5) is 0 Å². The Bertz CT molecular complexity index is 621. The van der Waals surface area contributed by atoms with E-state index in [0.29, 0.717) is 6.04 Å². The Labute approximate surface area is 147 Å². The van der Waals surface area contributed by atoms with E-state index in [-0.39, 0.29) is 11.5 Å². The van der Waals surface area contributed by atoms with E-state index in [1.165, 1.54) is 16.7 Å². The average molecular weight is 325 g/mol. The van der Waals surface area contributed by atoms with Crippen molar-refractivity contribution in [3.8, 4) is 5.75 Å². The van der Waals surface area contributed by atoms with Crippen LogP contribution in [0.2, 0.25) is 0 Å². The fraction of sp³-hybridized carbons (Fsp3) is 0.455. The van der Waals surface area contributed by atoms with Gasteiger partial charge in [-0.15, -0.1) is 0 Å². The molecular formula is C22H31NO. The monoisotopic (exact) mass is 325 g/mol. The largest absolute Gasteiger partial charge is 0.491 e. The highest BCUT2D eigenvalue weighted by Crippen LogP contribution is 2.23. The first-order valence-electron chi connectivity index (χ1n) is 8.85. The van der Waals surface area contributed by atoms with E-state index in [1.54, 1.807) is 0 Å². The first kappa shape index (κ1) is 18.5. The van der Waals surface area contributed by atoms with E-state index >= 15 is 0 Å². The number of benzene rings is 2. The van der Waals surface area contributed by atoms with Crippen molar-refractivity contribution >= 4 is 0 Å². The van der Waals surface area contributed by atoms with Crippen molar-refractivity contribution in [2.75, 3.05) is 0 Å². The second kappa shape index (κ2) is 7.85. The van der Waals surface area contributed by atoms with Gasteiger partial charge in [-0.05, 0) is 55.0 Å². The molecule has 2 heteroatoms. The Balaban J connectivity index is 1.91. The molecule has 0 spiro atoms. The fourth-order valence-corrected chi connectivity index (χ4v) is 2.62. The summed E-state index contributed by atoms with van der Waals surface area (Å²) in [7, 11) is 0. The second-order valence-corrected chi connectivity index (χ2v) is 7.79. The highest BCUT2D eigenvalue weighted by atomic mass is 16.5. The van der Waals surface area contributed by atoms with E-state index in [2.05, 4.69) is 69.4 Å². The summed E-state index contributed by atoms with van der Waals surface area (Å²) in [5.41, 5.74) is 4.17. The molecule has 2 aromatic rings. The molecule has 2 nitrogen and oxygen atoms in total. The van der Waals surface area contributed by atoms with Gasteiger partial charge in [0.1, 0.15) is 5.75 Å². The van der Waals surface area contributed by atoms with Crippen molar-refractivity contribution in [1.82, 2.24) is 5.32 Å². The third-order valence-corrected chi connectivity index (χ3v) is 4.18. The van der Waals surface area contributed by atoms with E-state index in [4.69, 9.17) is 4.74 Å². The quantitative estimate of drug-likeness (QED) is 0.744. The van der Waals surface area contributed by atoms with Gasteiger partial charge in [0.25, 0.3) is 0 Å². The minimum absolute atomic E-state index is 0.207. The number of ether oxygens (including phenoxy) is 1. The fourth-order valence-electron chi connectivity index (χ4n) is 2.62. The lowest BCUT2D eigenvalue weighted by Crippen LogP contribution is -2.18. The van der Waals surface area contributed by atoms with Crippen molar-refractivity contribution in [2.24, 2.45) is 0 Å². The molecule has 24 heavy (non-hydrogen) atoms. The molecular weight excluding hydrogens is 294 g/mol. The van der Waals surface area contributed by atoms with E-state index in [9.17, 15) is 0 Å². The smallest absolute Gasteiger partial charge is 0.119 e. The summed E-state index contributed by atoms with van der Waals surface area (Å²) in [5.74, 6) is 0.929. The first-order valence-corrected chi connectivity index (χ1v) is 8.85. The second-order valence-electron chi connectivity index (χ2n) is 7.79. The lowest BCUT2D eigenvalue weighted by atomic mass is 9.87. The zero-order valence-electron chi connectivity index (χ0n) is 15.9. The molecule has 0 saturated carbocycles. The molecule has 0 bridgehead atoms. The summed E-state index contributed by atoms with van der Waals surface area (Å²) in [4.78, 5) is 0. The summed E-state index contributed by atoms with van der Waals surface area (Å²) >= 11 is 0. The van der Waals surface area contributed by atoms with Crippen molar-refractivity contribution in [3.63, 3.8) is 0 Å². The standard InChI is InChI=1S/C22H31NO/c1-16(2)24-21-13-9-19(10-14-21)17(3)23-15-18-7-11-20(12-8-18)22(4,5)6/h7-14,16-17,23H,15H2,1-6H3.